The van der Waals surface area contributed by atoms with E-state index in [4.69, 9.17) is 0 Å². The highest BCUT2D eigenvalue weighted by molar-refractivity contribution is 6.22. The van der Waals surface area contributed by atoms with Gasteiger partial charge in [-0.05, 0) is 112 Å². The molecule has 0 aliphatic heterocycles. The maximum Gasteiger partial charge on any atom is 0.0714 e. The second-order valence-electron chi connectivity index (χ2n) is 17.5. The van der Waals surface area contributed by atoms with Crippen molar-refractivity contribution in [2.75, 3.05) is 4.90 Å². The van der Waals surface area contributed by atoms with Crippen molar-refractivity contribution in [3.63, 3.8) is 0 Å². The Morgan fingerprint density at radius 2 is 0.727 bits per heavy atom. The fraction of sp³-hybridized carbons (Fsp3) is 0.0154. The number of rotatable bonds is 7. The van der Waals surface area contributed by atoms with Crippen LogP contribution in [0.5, 0.6) is 0 Å². The zero-order valence-corrected chi connectivity index (χ0v) is 36.3. The zero-order valence-electron chi connectivity index (χ0n) is 36.3. The van der Waals surface area contributed by atoms with Gasteiger partial charge in [0, 0.05) is 16.6 Å². The van der Waals surface area contributed by atoms with E-state index in [1.54, 1.807) is 0 Å². The third-order valence-corrected chi connectivity index (χ3v) is 14.1. The van der Waals surface area contributed by atoms with Gasteiger partial charge in [0.25, 0.3) is 0 Å². The molecule has 1 aliphatic carbocycles. The van der Waals surface area contributed by atoms with Gasteiger partial charge in [-0.25, -0.2) is 0 Å². The van der Waals surface area contributed by atoms with Crippen LogP contribution in [0.15, 0.2) is 261 Å². The molecule has 308 valence electrons. The molecule has 0 unspecified atom stereocenters. The quantitative estimate of drug-likeness (QED) is 0.145. The summed E-state index contributed by atoms with van der Waals surface area (Å²) < 4.78 is 0. The molecule has 0 N–H and O–H groups in total. The minimum atomic E-state index is -0.531. The van der Waals surface area contributed by atoms with E-state index in [9.17, 15) is 0 Å². The van der Waals surface area contributed by atoms with Crippen LogP contribution < -0.4 is 4.90 Å². The average molecular weight is 838 g/mol. The molecular formula is C65H43N. The molecule has 0 amide bonds. The van der Waals surface area contributed by atoms with E-state index in [1.807, 2.05) is 0 Å². The third kappa shape index (κ3) is 5.67. The molecule has 0 aromatic heterocycles. The van der Waals surface area contributed by atoms with Gasteiger partial charge >= 0.3 is 0 Å². The van der Waals surface area contributed by atoms with Gasteiger partial charge in [-0.15, -0.1) is 0 Å². The monoisotopic (exact) mass is 837 g/mol. The molecule has 0 radical (unpaired) electrons. The highest BCUT2D eigenvalue weighted by atomic mass is 15.1. The Morgan fingerprint density at radius 1 is 0.273 bits per heavy atom. The van der Waals surface area contributed by atoms with Crippen molar-refractivity contribution in [1.29, 1.82) is 0 Å². The van der Waals surface area contributed by atoms with Gasteiger partial charge in [0.2, 0.25) is 0 Å². The van der Waals surface area contributed by atoms with Gasteiger partial charge < -0.3 is 4.90 Å². The first-order valence-corrected chi connectivity index (χ1v) is 22.9. The van der Waals surface area contributed by atoms with Crippen molar-refractivity contribution in [2.24, 2.45) is 0 Å². The molecule has 13 rings (SSSR count). The molecule has 66 heavy (non-hydrogen) atoms. The van der Waals surface area contributed by atoms with Crippen LogP contribution in [0.3, 0.4) is 0 Å². The molecule has 0 spiro atoms. The van der Waals surface area contributed by atoms with Crippen molar-refractivity contribution in [3.05, 3.63) is 283 Å². The number of benzene rings is 12. The summed E-state index contributed by atoms with van der Waals surface area (Å²) in [5.41, 5.74) is 15.3. The molecule has 0 fully saturated rings. The van der Waals surface area contributed by atoms with Crippen molar-refractivity contribution >= 4 is 60.2 Å². The van der Waals surface area contributed by atoms with Crippen molar-refractivity contribution < 1.29 is 0 Å². The molecular weight excluding hydrogens is 795 g/mol. The van der Waals surface area contributed by atoms with E-state index in [0.717, 1.165) is 17.1 Å². The van der Waals surface area contributed by atoms with E-state index >= 15 is 0 Å². The minimum Gasteiger partial charge on any atom is -0.309 e. The first kappa shape index (κ1) is 38.0. The van der Waals surface area contributed by atoms with E-state index in [1.165, 1.54) is 98.7 Å². The molecule has 1 nitrogen and oxygen atoms in total. The lowest BCUT2D eigenvalue weighted by Gasteiger charge is -2.34. The number of hydrogen-bond donors (Lipinski definition) is 0. The van der Waals surface area contributed by atoms with E-state index in [0.29, 0.717) is 0 Å². The molecule has 0 bridgehead atoms. The lowest BCUT2D eigenvalue weighted by Crippen LogP contribution is -2.28. The molecule has 0 saturated carbocycles. The standard InChI is InChI=1S/C65H43N/c1-4-21-44(22-5-1)62-55-33-16-13-30-52(55)53-31-14-17-34-56(53)63(62)45-39-41-49(42-40-45)66(61-43-46-23-10-11-28-50(46)51-29-12-15-32-54(51)61)60-38-20-37-59-64(60)57-35-18-19-36-58(57)65(59,47-24-6-2-7-25-47)48-26-8-3-9-27-48/h1-43H. The Bertz CT molecular complexity index is 3760. The number of anilines is 3. The molecule has 0 saturated heterocycles. The predicted octanol–water partition coefficient (Wildman–Crippen LogP) is 17.5. The molecule has 0 atom stereocenters. The number of hydrogen-bond acceptors (Lipinski definition) is 1. The van der Waals surface area contributed by atoms with Gasteiger partial charge in [0.05, 0.1) is 16.8 Å². The largest absolute Gasteiger partial charge is 0.309 e. The van der Waals surface area contributed by atoms with Crippen LogP contribution >= 0.6 is 0 Å². The predicted molar refractivity (Wildman–Crippen MR) is 279 cm³/mol. The highest BCUT2D eigenvalue weighted by Gasteiger charge is 2.47. The summed E-state index contributed by atoms with van der Waals surface area (Å²) in [6.07, 6.45) is 0. The van der Waals surface area contributed by atoms with E-state index < -0.39 is 5.41 Å². The van der Waals surface area contributed by atoms with Crippen LogP contribution in [0.4, 0.5) is 17.1 Å². The van der Waals surface area contributed by atoms with Crippen LogP contribution in [-0.2, 0) is 5.41 Å². The Morgan fingerprint density at radius 3 is 1.35 bits per heavy atom. The van der Waals surface area contributed by atoms with Gasteiger partial charge in [0.15, 0.2) is 0 Å². The maximum absolute atomic E-state index is 2.54. The van der Waals surface area contributed by atoms with Crippen molar-refractivity contribution in [1.82, 2.24) is 0 Å². The summed E-state index contributed by atoms with van der Waals surface area (Å²) in [5, 5.41) is 9.92. The first-order valence-electron chi connectivity index (χ1n) is 22.9. The maximum atomic E-state index is 2.54. The van der Waals surface area contributed by atoms with Crippen molar-refractivity contribution in [3.8, 4) is 33.4 Å². The van der Waals surface area contributed by atoms with Gasteiger partial charge in [-0.1, -0.05) is 237 Å². The van der Waals surface area contributed by atoms with E-state index in [2.05, 4.69) is 266 Å². The lowest BCUT2D eigenvalue weighted by molar-refractivity contribution is 0.768. The van der Waals surface area contributed by atoms with Gasteiger partial charge in [0.1, 0.15) is 0 Å². The zero-order chi connectivity index (χ0) is 43.6. The number of fused-ring (bicyclic) bond motifs is 9. The smallest absolute Gasteiger partial charge is 0.0714 e. The minimum absolute atomic E-state index is 0.531. The highest BCUT2D eigenvalue weighted by Crippen LogP contribution is 2.60. The average Bonchev–Trinajstić information content (AvgIpc) is 3.71. The Hall–Kier alpha value is -8.52. The second kappa shape index (κ2) is 15.3. The molecule has 12 aromatic carbocycles. The van der Waals surface area contributed by atoms with Gasteiger partial charge in [-0.2, -0.15) is 0 Å². The van der Waals surface area contributed by atoms with Crippen LogP contribution in [-0.4, -0.2) is 0 Å². The number of nitrogens with zero attached hydrogens (tertiary/aromatic N) is 1. The molecule has 1 heteroatoms. The summed E-state index contributed by atoms with van der Waals surface area (Å²) >= 11 is 0. The summed E-state index contributed by atoms with van der Waals surface area (Å²) in [5.74, 6) is 0. The van der Waals surface area contributed by atoms with Crippen molar-refractivity contribution in [2.45, 2.75) is 5.41 Å². The fourth-order valence-electron chi connectivity index (χ4n) is 11.4. The topological polar surface area (TPSA) is 3.24 Å². The van der Waals surface area contributed by atoms with Gasteiger partial charge in [-0.3, -0.25) is 0 Å². The summed E-state index contributed by atoms with van der Waals surface area (Å²) in [6.45, 7) is 0. The summed E-state index contributed by atoms with van der Waals surface area (Å²) in [6, 6.07) is 96.5. The molecule has 0 heterocycles. The third-order valence-electron chi connectivity index (χ3n) is 14.1. The Labute approximate surface area is 385 Å². The normalized spacial score (nSPS) is 12.7. The summed E-state index contributed by atoms with van der Waals surface area (Å²) in [4.78, 5) is 2.54. The second-order valence-corrected chi connectivity index (χ2v) is 17.5. The SMILES string of the molecule is c1ccc(-c2c(-c3ccc(N(c4cccc5c4-c4ccccc4C5(c4ccccc4)c4ccccc4)c4cc5ccccc5c5ccccc45)cc3)c3ccccc3c3ccccc23)cc1. The molecule has 1 aliphatic rings. The fourth-order valence-corrected chi connectivity index (χ4v) is 11.4. The Balaban J connectivity index is 1.11. The van der Waals surface area contributed by atoms with Crippen LogP contribution in [0, 0.1) is 0 Å². The molecule has 12 aromatic rings. The lowest BCUT2D eigenvalue weighted by atomic mass is 9.68. The van der Waals surface area contributed by atoms with Crippen LogP contribution in [0.1, 0.15) is 22.3 Å². The first-order chi connectivity index (χ1) is 32.8. The van der Waals surface area contributed by atoms with E-state index in [-0.39, 0.29) is 0 Å². The van der Waals surface area contributed by atoms with Crippen LogP contribution in [0.25, 0.3) is 76.5 Å². The Kier molecular flexibility index (Phi) is 8.82. The van der Waals surface area contributed by atoms with Crippen LogP contribution in [0.2, 0.25) is 0 Å². The summed E-state index contributed by atoms with van der Waals surface area (Å²) in [7, 11) is 0.